The number of hydrogen-bond donors (Lipinski definition) is 0. The SMILES string of the molecule is c1ccc(C2(c3nc([C@H]4CCOC4)no3)CCCC2)cc1. The third kappa shape index (κ3) is 2.18. The Labute approximate surface area is 124 Å². The maximum Gasteiger partial charge on any atom is 0.237 e. The average molecular weight is 284 g/mol. The second-order valence-corrected chi connectivity index (χ2v) is 6.17. The molecular formula is C17H20N2O2. The molecule has 1 aliphatic carbocycles. The molecule has 1 saturated heterocycles. The lowest BCUT2D eigenvalue weighted by molar-refractivity contribution is 0.192. The number of nitrogens with zero attached hydrogens (tertiary/aromatic N) is 2. The molecule has 0 spiro atoms. The maximum absolute atomic E-state index is 5.70. The first-order chi connectivity index (χ1) is 10.4. The summed E-state index contributed by atoms with van der Waals surface area (Å²) >= 11 is 0. The molecule has 4 heteroatoms. The van der Waals surface area contributed by atoms with Crippen LogP contribution in [0.5, 0.6) is 0 Å². The van der Waals surface area contributed by atoms with E-state index in [0.717, 1.165) is 44.2 Å². The van der Waals surface area contributed by atoms with Gasteiger partial charge in [0.2, 0.25) is 5.89 Å². The van der Waals surface area contributed by atoms with E-state index in [1.54, 1.807) is 0 Å². The molecule has 0 radical (unpaired) electrons. The van der Waals surface area contributed by atoms with Crippen molar-refractivity contribution >= 4 is 0 Å². The van der Waals surface area contributed by atoms with E-state index in [1.165, 1.54) is 18.4 Å². The number of hydrogen-bond acceptors (Lipinski definition) is 4. The van der Waals surface area contributed by atoms with Gasteiger partial charge in [-0.15, -0.1) is 0 Å². The second-order valence-electron chi connectivity index (χ2n) is 6.17. The molecule has 2 heterocycles. The summed E-state index contributed by atoms with van der Waals surface area (Å²) in [5.41, 5.74) is 1.23. The van der Waals surface area contributed by atoms with E-state index in [-0.39, 0.29) is 5.41 Å². The Balaban J connectivity index is 1.71. The minimum atomic E-state index is -0.0774. The van der Waals surface area contributed by atoms with Gasteiger partial charge >= 0.3 is 0 Å². The lowest BCUT2D eigenvalue weighted by Crippen LogP contribution is -2.24. The van der Waals surface area contributed by atoms with E-state index in [2.05, 4.69) is 35.5 Å². The molecule has 21 heavy (non-hydrogen) atoms. The van der Waals surface area contributed by atoms with Gasteiger partial charge in [-0.1, -0.05) is 48.3 Å². The summed E-state index contributed by atoms with van der Waals surface area (Å²) in [6.45, 7) is 1.52. The highest BCUT2D eigenvalue weighted by Gasteiger charge is 2.42. The first-order valence-electron chi connectivity index (χ1n) is 7.86. The van der Waals surface area contributed by atoms with Crippen LogP contribution in [-0.2, 0) is 10.2 Å². The van der Waals surface area contributed by atoms with E-state index >= 15 is 0 Å². The van der Waals surface area contributed by atoms with Crippen LogP contribution in [0.2, 0.25) is 0 Å². The third-order valence-corrected chi connectivity index (χ3v) is 4.93. The van der Waals surface area contributed by atoms with E-state index in [9.17, 15) is 0 Å². The van der Waals surface area contributed by atoms with Crippen LogP contribution in [0.4, 0.5) is 0 Å². The third-order valence-electron chi connectivity index (χ3n) is 4.93. The van der Waals surface area contributed by atoms with E-state index in [0.29, 0.717) is 5.92 Å². The van der Waals surface area contributed by atoms with Crippen molar-refractivity contribution in [2.24, 2.45) is 0 Å². The van der Waals surface area contributed by atoms with Gasteiger partial charge in [-0.25, -0.2) is 0 Å². The van der Waals surface area contributed by atoms with Crippen LogP contribution in [0, 0.1) is 0 Å². The zero-order valence-electron chi connectivity index (χ0n) is 12.1. The van der Waals surface area contributed by atoms with Gasteiger partial charge in [0.1, 0.15) is 0 Å². The van der Waals surface area contributed by atoms with Crippen molar-refractivity contribution in [3.63, 3.8) is 0 Å². The second kappa shape index (κ2) is 5.26. The number of rotatable bonds is 3. The van der Waals surface area contributed by atoms with E-state index in [4.69, 9.17) is 14.2 Å². The van der Waals surface area contributed by atoms with Gasteiger partial charge in [-0.3, -0.25) is 0 Å². The number of aromatic nitrogens is 2. The predicted molar refractivity (Wildman–Crippen MR) is 78.2 cm³/mol. The van der Waals surface area contributed by atoms with Crippen molar-refractivity contribution in [2.75, 3.05) is 13.2 Å². The average Bonchev–Trinajstić information content (AvgIpc) is 3.28. The monoisotopic (exact) mass is 284 g/mol. The fraction of sp³-hybridized carbons (Fsp3) is 0.529. The highest BCUT2D eigenvalue weighted by molar-refractivity contribution is 5.33. The molecular weight excluding hydrogens is 264 g/mol. The first kappa shape index (κ1) is 13.0. The Morgan fingerprint density at radius 3 is 2.62 bits per heavy atom. The Morgan fingerprint density at radius 2 is 1.90 bits per heavy atom. The molecule has 2 aliphatic rings. The van der Waals surface area contributed by atoms with Crippen molar-refractivity contribution in [3.05, 3.63) is 47.6 Å². The van der Waals surface area contributed by atoms with Crippen molar-refractivity contribution in [1.82, 2.24) is 10.1 Å². The number of benzene rings is 1. The number of ether oxygens (including phenoxy) is 1. The van der Waals surface area contributed by atoms with Crippen LogP contribution < -0.4 is 0 Å². The van der Waals surface area contributed by atoms with Crippen molar-refractivity contribution < 1.29 is 9.26 Å². The molecule has 1 atom stereocenters. The Kier molecular flexibility index (Phi) is 3.26. The zero-order valence-corrected chi connectivity index (χ0v) is 12.1. The largest absolute Gasteiger partial charge is 0.381 e. The summed E-state index contributed by atoms with van der Waals surface area (Å²) in [4.78, 5) is 4.77. The zero-order chi connectivity index (χ0) is 14.1. The normalized spacial score (nSPS) is 24.5. The van der Waals surface area contributed by atoms with Crippen LogP contribution in [0.15, 0.2) is 34.9 Å². The van der Waals surface area contributed by atoms with Gasteiger partial charge in [0.25, 0.3) is 0 Å². The molecule has 110 valence electrons. The summed E-state index contributed by atoms with van der Waals surface area (Å²) in [5.74, 6) is 1.93. The van der Waals surface area contributed by atoms with Crippen LogP contribution >= 0.6 is 0 Å². The topological polar surface area (TPSA) is 48.2 Å². The molecule has 2 aromatic rings. The molecule has 0 unspecified atom stereocenters. The van der Waals surface area contributed by atoms with Gasteiger partial charge in [-0.05, 0) is 24.8 Å². The first-order valence-corrected chi connectivity index (χ1v) is 7.86. The molecule has 0 N–H and O–H groups in total. The van der Waals surface area contributed by atoms with Gasteiger partial charge < -0.3 is 9.26 Å². The van der Waals surface area contributed by atoms with Crippen LogP contribution in [0.3, 0.4) is 0 Å². The predicted octanol–water partition coefficient (Wildman–Crippen LogP) is 3.43. The van der Waals surface area contributed by atoms with Gasteiger partial charge in [0.05, 0.1) is 12.0 Å². The molecule has 2 fully saturated rings. The lowest BCUT2D eigenvalue weighted by Gasteiger charge is -2.25. The van der Waals surface area contributed by atoms with Crippen LogP contribution in [-0.4, -0.2) is 23.4 Å². The van der Waals surface area contributed by atoms with Crippen LogP contribution in [0.25, 0.3) is 0 Å². The van der Waals surface area contributed by atoms with Gasteiger partial charge in [0.15, 0.2) is 5.82 Å². The fourth-order valence-electron chi connectivity index (χ4n) is 3.69. The lowest BCUT2D eigenvalue weighted by atomic mass is 9.79. The summed E-state index contributed by atoms with van der Waals surface area (Å²) in [5, 5.41) is 4.25. The smallest absolute Gasteiger partial charge is 0.237 e. The molecule has 4 rings (SSSR count). The Hall–Kier alpha value is -1.68. The van der Waals surface area contributed by atoms with Gasteiger partial charge in [-0.2, -0.15) is 4.98 Å². The molecule has 1 saturated carbocycles. The summed E-state index contributed by atoms with van der Waals surface area (Å²) in [7, 11) is 0. The summed E-state index contributed by atoms with van der Waals surface area (Å²) in [6.07, 6.45) is 5.63. The van der Waals surface area contributed by atoms with Crippen molar-refractivity contribution in [3.8, 4) is 0 Å². The molecule has 4 nitrogen and oxygen atoms in total. The Morgan fingerprint density at radius 1 is 1.10 bits per heavy atom. The standard InChI is InChI=1S/C17H20N2O2/c1-2-6-14(7-3-1)17(9-4-5-10-17)16-18-15(19-21-16)13-8-11-20-12-13/h1-3,6-7,13H,4-5,8-12H2/t13-/m0/s1. The van der Waals surface area contributed by atoms with Crippen LogP contribution in [0.1, 0.15) is 55.3 Å². The highest BCUT2D eigenvalue weighted by Crippen LogP contribution is 2.45. The van der Waals surface area contributed by atoms with Crippen molar-refractivity contribution in [2.45, 2.75) is 43.4 Å². The Bertz CT molecular complexity index is 596. The minimum Gasteiger partial charge on any atom is -0.381 e. The fourth-order valence-corrected chi connectivity index (χ4v) is 3.69. The van der Waals surface area contributed by atoms with E-state index < -0.39 is 0 Å². The molecule has 1 aliphatic heterocycles. The molecule has 0 bridgehead atoms. The summed E-state index contributed by atoms with van der Waals surface area (Å²) < 4.78 is 11.1. The summed E-state index contributed by atoms with van der Waals surface area (Å²) in [6, 6.07) is 10.6. The minimum absolute atomic E-state index is 0.0774. The quantitative estimate of drug-likeness (QED) is 0.866. The van der Waals surface area contributed by atoms with Gasteiger partial charge in [0, 0.05) is 12.5 Å². The molecule has 1 aromatic carbocycles. The maximum atomic E-state index is 5.70. The van der Waals surface area contributed by atoms with Crippen molar-refractivity contribution in [1.29, 1.82) is 0 Å². The van der Waals surface area contributed by atoms with E-state index in [1.807, 2.05) is 0 Å². The molecule has 0 amide bonds. The highest BCUT2D eigenvalue weighted by atomic mass is 16.5. The molecule has 1 aromatic heterocycles.